The molecule has 2 aromatic rings. The van der Waals surface area contributed by atoms with Crippen LogP contribution in [0.1, 0.15) is 102 Å². The zero-order valence-corrected chi connectivity index (χ0v) is 28.5. The molecule has 4 fully saturated rings. The average Bonchev–Trinajstić information content (AvgIpc) is 3.60. The Balaban J connectivity index is 1.28. The number of aliphatic carboxylic acids is 1. The Labute approximate surface area is 279 Å². The van der Waals surface area contributed by atoms with E-state index in [0.717, 1.165) is 79.3 Å². The first-order chi connectivity index (χ1) is 22.4. The van der Waals surface area contributed by atoms with E-state index in [4.69, 9.17) is 4.74 Å². The smallest absolute Gasteiger partial charge is 0.310 e. The van der Waals surface area contributed by atoms with E-state index in [2.05, 4.69) is 18.8 Å². The number of hydrogen-bond acceptors (Lipinski definition) is 5. The largest absolute Gasteiger partial charge is 0.490 e. The van der Waals surface area contributed by atoms with Crippen LogP contribution in [0.3, 0.4) is 0 Å². The molecule has 47 heavy (non-hydrogen) atoms. The van der Waals surface area contributed by atoms with Crippen molar-refractivity contribution in [3.8, 4) is 16.9 Å². The van der Waals surface area contributed by atoms with Crippen molar-refractivity contribution in [2.45, 2.75) is 102 Å². The van der Waals surface area contributed by atoms with Gasteiger partial charge in [0.05, 0.1) is 12.0 Å². The molecule has 4 aliphatic rings. The predicted octanol–water partition coefficient (Wildman–Crippen LogP) is 8.37. The third-order valence-corrected chi connectivity index (χ3v) is 11.6. The van der Waals surface area contributed by atoms with Gasteiger partial charge in [0.2, 0.25) is 0 Å². The van der Waals surface area contributed by atoms with Gasteiger partial charge in [0, 0.05) is 55.4 Å². The van der Waals surface area contributed by atoms with Gasteiger partial charge in [0.25, 0.3) is 0 Å². The maximum atomic E-state index is 15.5. The second-order valence-corrected chi connectivity index (χ2v) is 15.4. The number of carbonyl (C=O) groups is 2. The zero-order chi connectivity index (χ0) is 33.5. The SMILES string of the molecule is C=C(/C(=C\N(C)C)c1ccc(OC2CC[C@@H](CC(=O)[C@]3(C)CNC4(CCC4)C3)C2)c(-c2cccc(F)c2C2CCC2)c1)C(C)C(=O)O. The van der Waals surface area contributed by atoms with Crippen molar-refractivity contribution in [2.75, 3.05) is 20.6 Å². The fourth-order valence-electron chi connectivity index (χ4n) is 8.30. The molecule has 2 unspecified atom stereocenters. The number of nitrogens with zero attached hydrogens (tertiary/aromatic N) is 1. The third-order valence-electron chi connectivity index (χ3n) is 11.6. The number of allylic oxidation sites excluding steroid dienone is 1. The van der Waals surface area contributed by atoms with E-state index < -0.39 is 11.9 Å². The van der Waals surface area contributed by atoms with Crippen molar-refractivity contribution in [2.24, 2.45) is 17.3 Å². The van der Waals surface area contributed by atoms with Crippen LogP contribution in [0.5, 0.6) is 5.75 Å². The highest BCUT2D eigenvalue weighted by Gasteiger charge is 2.51. The molecule has 1 heterocycles. The summed E-state index contributed by atoms with van der Waals surface area (Å²) in [6, 6.07) is 11.2. The van der Waals surface area contributed by atoms with Gasteiger partial charge in [0.15, 0.2) is 0 Å². The molecule has 0 bridgehead atoms. The molecular weight excluding hydrogens is 591 g/mol. The summed E-state index contributed by atoms with van der Waals surface area (Å²) in [5, 5.41) is 13.5. The van der Waals surface area contributed by atoms with E-state index >= 15 is 4.39 Å². The summed E-state index contributed by atoms with van der Waals surface area (Å²) in [5.74, 6) is -0.391. The molecule has 0 amide bonds. The van der Waals surface area contributed by atoms with Crippen molar-refractivity contribution < 1.29 is 23.8 Å². The molecule has 6 nitrogen and oxygen atoms in total. The van der Waals surface area contributed by atoms with Gasteiger partial charge in [0.1, 0.15) is 17.3 Å². The van der Waals surface area contributed by atoms with Gasteiger partial charge in [-0.15, -0.1) is 0 Å². The Morgan fingerprint density at radius 3 is 2.51 bits per heavy atom. The summed E-state index contributed by atoms with van der Waals surface area (Å²) < 4.78 is 22.3. The van der Waals surface area contributed by atoms with Crippen molar-refractivity contribution in [3.05, 3.63) is 71.7 Å². The molecule has 1 saturated heterocycles. The lowest BCUT2D eigenvalue weighted by molar-refractivity contribution is -0.139. The molecule has 7 heteroatoms. The Hall–Kier alpha value is -3.45. The van der Waals surface area contributed by atoms with Gasteiger partial charge in [-0.3, -0.25) is 9.59 Å². The van der Waals surface area contributed by atoms with Crippen molar-refractivity contribution in [3.63, 3.8) is 0 Å². The number of hydrogen-bond donors (Lipinski definition) is 2. The maximum Gasteiger partial charge on any atom is 0.310 e. The van der Waals surface area contributed by atoms with E-state index in [9.17, 15) is 14.7 Å². The fourth-order valence-corrected chi connectivity index (χ4v) is 8.30. The van der Waals surface area contributed by atoms with Gasteiger partial charge in [-0.25, -0.2) is 4.39 Å². The number of carbonyl (C=O) groups excluding carboxylic acids is 1. The Kier molecular flexibility index (Phi) is 9.41. The number of ketones is 1. The number of benzene rings is 2. The Bertz CT molecular complexity index is 1570. The first-order valence-corrected chi connectivity index (χ1v) is 17.6. The maximum absolute atomic E-state index is 15.5. The summed E-state index contributed by atoms with van der Waals surface area (Å²) in [4.78, 5) is 27.4. The summed E-state index contributed by atoms with van der Waals surface area (Å²) >= 11 is 0. The standard InChI is InChI=1S/C40H51FN2O4/c1-25(26(2)38(45)46)33(22-43(4)5)29-14-16-35(32(21-29)31-11-7-12-34(41)37(31)28-9-6-10-28)47-30-15-13-27(19-30)20-36(44)39(3)23-40(42-24-39)17-8-18-40/h7,11-12,14,16,21-22,26-28,30,42H,1,6,8-10,13,15,17-20,23-24H2,2-5H3,(H,45,46)/b33-22+/t26?,27-,30?,39+/m1/s1. The average molecular weight is 643 g/mol. The fraction of sp³-hybridized carbons (Fsp3) is 0.550. The van der Waals surface area contributed by atoms with Crippen LogP contribution in [0, 0.1) is 23.1 Å². The van der Waals surface area contributed by atoms with Crippen LogP contribution in [-0.2, 0) is 9.59 Å². The topological polar surface area (TPSA) is 78.9 Å². The molecular formula is C40H51FN2O4. The Morgan fingerprint density at radius 1 is 1.13 bits per heavy atom. The van der Waals surface area contributed by atoms with Gasteiger partial charge in [-0.1, -0.05) is 38.1 Å². The highest BCUT2D eigenvalue weighted by molar-refractivity contribution is 5.89. The normalized spacial score (nSPS) is 26.0. The first kappa shape index (κ1) is 33.5. The molecule has 2 N–H and O–H groups in total. The first-order valence-electron chi connectivity index (χ1n) is 17.6. The van der Waals surface area contributed by atoms with Crippen LogP contribution < -0.4 is 10.1 Å². The molecule has 3 aliphatic carbocycles. The lowest BCUT2D eigenvalue weighted by Gasteiger charge is -2.39. The van der Waals surface area contributed by atoms with E-state index in [-0.39, 0.29) is 28.8 Å². The van der Waals surface area contributed by atoms with Crippen LogP contribution in [0.4, 0.5) is 4.39 Å². The molecule has 3 saturated carbocycles. The molecule has 2 aromatic carbocycles. The molecule has 0 aromatic heterocycles. The van der Waals surface area contributed by atoms with Crippen LogP contribution >= 0.6 is 0 Å². The number of ether oxygens (including phenoxy) is 1. The third kappa shape index (κ3) is 6.78. The quantitative estimate of drug-likeness (QED) is 0.227. The molecule has 6 rings (SSSR count). The number of rotatable bonds is 12. The Morgan fingerprint density at radius 2 is 1.89 bits per heavy atom. The minimum atomic E-state index is -0.938. The second-order valence-electron chi connectivity index (χ2n) is 15.4. The number of Topliss-reactive ketones (excluding diaryl/α,β-unsaturated/α-hetero) is 1. The van der Waals surface area contributed by atoms with E-state index in [1.54, 1.807) is 19.1 Å². The van der Waals surface area contributed by atoms with Gasteiger partial charge in [-0.05, 0) is 117 Å². The number of halogens is 1. The van der Waals surface area contributed by atoms with Gasteiger partial charge < -0.3 is 20.1 Å². The van der Waals surface area contributed by atoms with Crippen LogP contribution in [0.25, 0.3) is 16.7 Å². The monoisotopic (exact) mass is 642 g/mol. The molecule has 1 spiro atoms. The van der Waals surface area contributed by atoms with Crippen molar-refractivity contribution in [1.29, 1.82) is 0 Å². The minimum absolute atomic E-state index is 0.0376. The van der Waals surface area contributed by atoms with E-state index in [0.29, 0.717) is 29.4 Å². The van der Waals surface area contributed by atoms with Crippen LogP contribution in [0.15, 0.2) is 54.8 Å². The highest BCUT2D eigenvalue weighted by atomic mass is 19.1. The molecule has 0 radical (unpaired) electrons. The predicted molar refractivity (Wildman–Crippen MR) is 185 cm³/mol. The molecule has 4 atom stereocenters. The van der Waals surface area contributed by atoms with Crippen molar-refractivity contribution in [1.82, 2.24) is 10.2 Å². The molecule has 252 valence electrons. The number of nitrogens with one attached hydrogen (secondary N) is 1. The highest BCUT2D eigenvalue weighted by Crippen LogP contribution is 2.49. The molecule has 1 aliphatic heterocycles. The summed E-state index contributed by atoms with van der Waals surface area (Å²) in [6.07, 6.45) is 12.7. The van der Waals surface area contributed by atoms with Gasteiger partial charge >= 0.3 is 5.97 Å². The van der Waals surface area contributed by atoms with Crippen LogP contribution in [0.2, 0.25) is 0 Å². The van der Waals surface area contributed by atoms with E-state index in [1.807, 2.05) is 49.5 Å². The summed E-state index contributed by atoms with van der Waals surface area (Å²) in [6.45, 7) is 8.75. The van der Waals surface area contributed by atoms with E-state index in [1.165, 1.54) is 19.3 Å². The lowest BCUT2D eigenvalue weighted by atomic mass is 9.69. The summed E-state index contributed by atoms with van der Waals surface area (Å²) in [7, 11) is 3.79. The lowest BCUT2D eigenvalue weighted by Crippen LogP contribution is -2.45. The minimum Gasteiger partial charge on any atom is -0.490 e. The van der Waals surface area contributed by atoms with Gasteiger partial charge in [-0.2, -0.15) is 0 Å². The second kappa shape index (κ2) is 13.2. The van der Waals surface area contributed by atoms with Crippen molar-refractivity contribution >= 4 is 17.3 Å². The summed E-state index contributed by atoms with van der Waals surface area (Å²) in [5.41, 5.74) is 4.30. The number of carboxylic acids is 1. The zero-order valence-electron chi connectivity index (χ0n) is 28.5. The number of carboxylic acid groups (broad SMARTS) is 1. The van der Waals surface area contributed by atoms with Crippen LogP contribution in [-0.4, -0.2) is 54.0 Å².